The number of carbonyl (C=O) groups excluding carboxylic acids is 1. The second kappa shape index (κ2) is 14.4. The zero-order chi connectivity index (χ0) is 30.1. The number of hydrogen-bond donors (Lipinski definition) is 1. The summed E-state index contributed by atoms with van der Waals surface area (Å²) in [5.41, 5.74) is 4.17. The van der Waals surface area contributed by atoms with Gasteiger partial charge in [0.15, 0.2) is 11.5 Å². The summed E-state index contributed by atoms with van der Waals surface area (Å²) in [6, 6.07) is 24.4. The average molecular weight is 647 g/mol. The van der Waals surface area contributed by atoms with Gasteiger partial charge in [-0.2, -0.15) is 5.10 Å². The van der Waals surface area contributed by atoms with Crippen LogP contribution < -0.4 is 19.2 Å². The Bertz CT molecular complexity index is 1660. The molecule has 12 heteroatoms. The summed E-state index contributed by atoms with van der Waals surface area (Å²) >= 11 is 18.0. The van der Waals surface area contributed by atoms with E-state index in [-0.39, 0.29) is 10.6 Å². The number of hydrogen-bond acceptors (Lipinski definition) is 6. The first-order valence-electron chi connectivity index (χ1n) is 12.7. The molecule has 0 bridgehead atoms. The van der Waals surface area contributed by atoms with Crippen LogP contribution in [0.25, 0.3) is 0 Å². The lowest BCUT2D eigenvalue weighted by molar-refractivity contribution is -0.119. The van der Waals surface area contributed by atoms with Crippen LogP contribution in [0.4, 0.5) is 5.69 Å². The van der Waals surface area contributed by atoms with Crippen LogP contribution in [0.1, 0.15) is 18.1 Å². The molecule has 0 saturated heterocycles. The van der Waals surface area contributed by atoms with E-state index in [1.54, 1.807) is 48.5 Å². The first-order chi connectivity index (χ1) is 20.2. The van der Waals surface area contributed by atoms with Gasteiger partial charge in [0.05, 0.1) is 23.4 Å². The van der Waals surface area contributed by atoms with Crippen LogP contribution in [0, 0.1) is 0 Å². The van der Waals surface area contributed by atoms with Gasteiger partial charge in [-0.3, -0.25) is 9.10 Å². The second-order valence-corrected chi connectivity index (χ2v) is 12.0. The molecule has 0 radical (unpaired) electrons. The number of sulfonamides is 1. The van der Waals surface area contributed by atoms with Gasteiger partial charge in [0.25, 0.3) is 15.9 Å². The Morgan fingerprint density at radius 1 is 0.857 bits per heavy atom. The molecular weight excluding hydrogens is 621 g/mol. The Kier molecular flexibility index (Phi) is 10.7. The standard InChI is InChI=1S/C30H26Cl3N3O5S/c1-2-40-29-16-22(8-15-28(29)41-20-21-6-9-23(31)10-7-21)18-34-35-30(37)19-36(26-5-3-4-25(33)17-26)42(38,39)27-13-11-24(32)12-14-27/h3-18H,2,19-20H2,1H3,(H,35,37)/b34-18-. The number of nitrogens with one attached hydrogen (secondary N) is 1. The van der Waals surface area contributed by atoms with Crippen molar-refractivity contribution in [1.82, 2.24) is 5.43 Å². The number of hydrazone groups is 1. The molecule has 8 nitrogen and oxygen atoms in total. The van der Waals surface area contributed by atoms with Gasteiger partial charge in [-0.25, -0.2) is 13.8 Å². The molecule has 0 unspecified atom stereocenters. The summed E-state index contributed by atoms with van der Waals surface area (Å²) in [5.74, 6) is 0.372. The van der Waals surface area contributed by atoms with Crippen LogP contribution in [0.5, 0.6) is 11.5 Å². The summed E-state index contributed by atoms with van der Waals surface area (Å²) in [7, 11) is -4.14. The highest BCUT2D eigenvalue weighted by Crippen LogP contribution is 2.29. The fraction of sp³-hybridized carbons (Fsp3) is 0.133. The number of amides is 1. The Hall–Kier alpha value is -3.76. The number of rotatable bonds is 12. The molecule has 4 rings (SSSR count). The molecule has 4 aromatic rings. The van der Waals surface area contributed by atoms with Crippen LogP contribution in [-0.4, -0.2) is 33.7 Å². The van der Waals surface area contributed by atoms with Gasteiger partial charge in [0, 0.05) is 15.1 Å². The fourth-order valence-electron chi connectivity index (χ4n) is 3.76. The van der Waals surface area contributed by atoms with Crippen molar-refractivity contribution in [3.05, 3.63) is 117 Å². The maximum absolute atomic E-state index is 13.5. The molecular formula is C30H26Cl3N3O5S. The molecule has 0 saturated carbocycles. The molecule has 42 heavy (non-hydrogen) atoms. The van der Waals surface area contributed by atoms with Crippen molar-refractivity contribution in [3.63, 3.8) is 0 Å². The summed E-state index contributed by atoms with van der Waals surface area (Å²) in [4.78, 5) is 12.8. The number of halogens is 3. The first kappa shape index (κ1) is 31.2. The summed E-state index contributed by atoms with van der Waals surface area (Å²) in [5, 5.41) is 5.34. The summed E-state index contributed by atoms with van der Waals surface area (Å²) in [6.45, 7) is 2.04. The zero-order valence-corrected chi connectivity index (χ0v) is 25.4. The quantitative estimate of drug-likeness (QED) is 0.132. The number of nitrogens with zero attached hydrogens (tertiary/aromatic N) is 2. The molecule has 1 N–H and O–H groups in total. The molecule has 0 fully saturated rings. The molecule has 0 heterocycles. The third-order valence-electron chi connectivity index (χ3n) is 5.76. The number of anilines is 1. The van der Waals surface area contributed by atoms with E-state index in [9.17, 15) is 13.2 Å². The van der Waals surface area contributed by atoms with Gasteiger partial charge < -0.3 is 9.47 Å². The zero-order valence-electron chi connectivity index (χ0n) is 22.3. The van der Waals surface area contributed by atoms with E-state index in [1.165, 1.54) is 36.5 Å². The Labute approximate surface area is 259 Å². The van der Waals surface area contributed by atoms with Crippen molar-refractivity contribution in [3.8, 4) is 11.5 Å². The third-order valence-corrected chi connectivity index (χ3v) is 8.29. The number of ether oxygens (including phenoxy) is 2. The summed E-state index contributed by atoms with van der Waals surface area (Å²) in [6.07, 6.45) is 1.42. The average Bonchev–Trinajstić information content (AvgIpc) is 2.96. The lowest BCUT2D eigenvalue weighted by atomic mass is 10.2. The first-order valence-corrected chi connectivity index (χ1v) is 15.2. The van der Waals surface area contributed by atoms with E-state index in [0.717, 1.165) is 9.87 Å². The lowest BCUT2D eigenvalue weighted by Crippen LogP contribution is -2.39. The number of benzene rings is 4. The van der Waals surface area contributed by atoms with Crippen molar-refractivity contribution in [2.45, 2.75) is 18.4 Å². The molecule has 0 aliphatic rings. The largest absolute Gasteiger partial charge is 0.490 e. The highest BCUT2D eigenvalue weighted by atomic mass is 35.5. The van der Waals surface area contributed by atoms with Crippen molar-refractivity contribution >= 4 is 62.6 Å². The van der Waals surface area contributed by atoms with Crippen molar-refractivity contribution in [2.75, 3.05) is 17.5 Å². The minimum atomic E-state index is -4.14. The predicted octanol–water partition coefficient (Wildman–Crippen LogP) is 6.97. The highest BCUT2D eigenvalue weighted by Gasteiger charge is 2.27. The van der Waals surface area contributed by atoms with E-state index in [2.05, 4.69) is 10.5 Å². The Balaban J connectivity index is 1.47. The van der Waals surface area contributed by atoms with Crippen LogP contribution in [0.2, 0.25) is 15.1 Å². The Morgan fingerprint density at radius 3 is 2.21 bits per heavy atom. The smallest absolute Gasteiger partial charge is 0.264 e. The molecule has 218 valence electrons. The van der Waals surface area contributed by atoms with Gasteiger partial charge >= 0.3 is 0 Å². The maximum Gasteiger partial charge on any atom is 0.264 e. The second-order valence-electron chi connectivity index (χ2n) is 8.79. The Morgan fingerprint density at radius 2 is 1.55 bits per heavy atom. The van der Waals surface area contributed by atoms with Crippen LogP contribution >= 0.6 is 34.8 Å². The fourth-order valence-corrected chi connectivity index (χ4v) is 5.61. The highest BCUT2D eigenvalue weighted by molar-refractivity contribution is 7.92. The van der Waals surface area contributed by atoms with E-state index in [0.29, 0.717) is 45.3 Å². The predicted molar refractivity (Wildman–Crippen MR) is 167 cm³/mol. The van der Waals surface area contributed by atoms with Crippen LogP contribution in [0.3, 0.4) is 0 Å². The molecule has 4 aromatic carbocycles. The minimum absolute atomic E-state index is 0.0370. The van der Waals surface area contributed by atoms with Crippen LogP contribution in [-0.2, 0) is 21.4 Å². The molecule has 0 atom stereocenters. The minimum Gasteiger partial charge on any atom is -0.490 e. The van der Waals surface area contributed by atoms with E-state index in [4.69, 9.17) is 44.3 Å². The van der Waals surface area contributed by atoms with E-state index < -0.39 is 22.5 Å². The molecule has 0 aliphatic heterocycles. The number of carbonyl (C=O) groups is 1. The molecule has 0 aromatic heterocycles. The topological polar surface area (TPSA) is 97.3 Å². The van der Waals surface area contributed by atoms with E-state index in [1.807, 2.05) is 19.1 Å². The van der Waals surface area contributed by atoms with Gasteiger partial charge in [-0.15, -0.1) is 0 Å². The third kappa shape index (κ3) is 8.39. The van der Waals surface area contributed by atoms with Gasteiger partial charge in [-0.05, 0) is 90.8 Å². The van der Waals surface area contributed by atoms with Crippen molar-refractivity contribution < 1.29 is 22.7 Å². The van der Waals surface area contributed by atoms with Gasteiger partial charge in [0.1, 0.15) is 13.2 Å². The van der Waals surface area contributed by atoms with Crippen molar-refractivity contribution in [1.29, 1.82) is 0 Å². The van der Waals surface area contributed by atoms with Gasteiger partial charge in [0.2, 0.25) is 0 Å². The van der Waals surface area contributed by atoms with Gasteiger partial charge in [-0.1, -0.05) is 53.0 Å². The normalized spacial score (nSPS) is 11.3. The SMILES string of the molecule is CCOc1cc(/C=N\NC(=O)CN(c2cccc(Cl)c2)S(=O)(=O)c2ccc(Cl)cc2)ccc1OCc1ccc(Cl)cc1. The van der Waals surface area contributed by atoms with Crippen LogP contribution in [0.15, 0.2) is 101 Å². The lowest BCUT2D eigenvalue weighted by Gasteiger charge is -2.23. The summed E-state index contributed by atoms with van der Waals surface area (Å²) < 4.78 is 39.5. The van der Waals surface area contributed by atoms with Crippen molar-refractivity contribution in [2.24, 2.45) is 5.10 Å². The van der Waals surface area contributed by atoms with E-state index >= 15 is 0 Å². The maximum atomic E-state index is 13.5. The molecule has 0 aliphatic carbocycles. The molecule has 1 amide bonds. The monoisotopic (exact) mass is 645 g/mol. The molecule has 0 spiro atoms.